The van der Waals surface area contributed by atoms with Gasteiger partial charge in [-0.25, -0.2) is 9.97 Å². The molecule has 1 heterocycles. The number of hydrogen-bond donors (Lipinski definition) is 0. The van der Waals surface area contributed by atoms with Crippen molar-refractivity contribution in [2.24, 2.45) is 0 Å². The molecule has 12 heavy (non-hydrogen) atoms. The van der Waals surface area contributed by atoms with Crippen molar-refractivity contribution >= 4 is 23.2 Å². The van der Waals surface area contributed by atoms with Crippen molar-refractivity contribution in [1.82, 2.24) is 9.97 Å². The summed E-state index contributed by atoms with van der Waals surface area (Å²) in [6.07, 6.45) is 2.31. The van der Waals surface area contributed by atoms with Gasteiger partial charge in [-0.2, -0.15) is 0 Å². The van der Waals surface area contributed by atoms with Crippen LogP contribution in [0.5, 0.6) is 0 Å². The Morgan fingerprint density at radius 1 is 1.50 bits per heavy atom. The second-order valence-electron chi connectivity index (χ2n) is 2.20. The lowest BCUT2D eigenvalue weighted by atomic mass is 10.2. The number of halogens is 2. The molecule has 0 aromatic carbocycles. The fourth-order valence-corrected chi connectivity index (χ4v) is 1.15. The molecule has 1 aromatic rings. The molecule has 3 nitrogen and oxygen atoms in total. The van der Waals surface area contributed by atoms with E-state index in [9.17, 15) is 0 Å². The Hall–Kier alpha value is -0.380. The van der Waals surface area contributed by atoms with E-state index >= 15 is 0 Å². The Morgan fingerprint density at radius 3 is 2.83 bits per heavy atom. The first-order chi connectivity index (χ1) is 5.74. The van der Waals surface area contributed by atoms with Crippen LogP contribution in [-0.4, -0.2) is 23.7 Å². The summed E-state index contributed by atoms with van der Waals surface area (Å²) in [7, 11) is 1.63. The van der Waals surface area contributed by atoms with E-state index in [4.69, 9.17) is 27.9 Å². The highest BCUT2D eigenvalue weighted by Crippen LogP contribution is 2.14. The number of ether oxygens (including phenoxy) is 1. The molecular weight excluding hydrogens is 199 g/mol. The van der Waals surface area contributed by atoms with Crippen LogP contribution in [0.1, 0.15) is 5.56 Å². The van der Waals surface area contributed by atoms with Crippen LogP contribution < -0.4 is 0 Å². The lowest BCUT2D eigenvalue weighted by Crippen LogP contribution is -1.97. The topological polar surface area (TPSA) is 35.0 Å². The van der Waals surface area contributed by atoms with Gasteiger partial charge in [0.15, 0.2) is 0 Å². The highest BCUT2D eigenvalue weighted by atomic mass is 35.5. The molecule has 1 rings (SSSR count). The van der Waals surface area contributed by atoms with Crippen LogP contribution in [0.3, 0.4) is 0 Å². The maximum atomic E-state index is 5.77. The monoisotopic (exact) mass is 206 g/mol. The maximum Gasteiger partial charge on any atom is 0.223 e. The Kier molecular flexibility index (Phi) is 3.72. The molecule has 0 aliphatic heterocycles. The van der Waals surface area contributed by atoms with Crippen LogP contribution in [-0.2, 0) is 11.2 Å². The third-order valence-corrected chi connectivity index (χ3v) is 1.87. The molecule has 0 amide bonds. The van der Waals surface area contributed by atoms with Crippen molar-refractivity contribution in [3.05, 3.63) is 22.2 Å². The minimum Gasteiger partial charge on any atom is -0.384 e. The normalized spacial score (nSPS) is 10.2. The third-order valence-electron chi connectivity index (χ3n) is 1.36. The first kappa shape index (κ1) is 9.71. The van der Waals surface area contributed by atoms with Crippen molar-refractivity contribution in [2.45, 2.75) is 6.42 Å². The number of aromatic nitrogens is 2. The predicted octanol–water partition coefficient (Wildman–Crippen LogP) is 1.97. The van der Waals surface area contributed by atoms with Gasteiger partial charge in [0, 0.05) is 25.3 Å². The highest BCUT2D eigenvalue weighted by Gasteiger charge is 2.02. The molecule has 1 aromatic heterocycles. The van der Waals surface area contributed by atoms with E-state index in [1.807, 2.05) is 0 Å². The van der Waals surface area contributed by atoms with Crippen LogP contribution in [0.15, 0.2) is 6.20 Å². The molecular formula is C7H8Cl2N2O. The number of hydrogen-bond acceptors (Lipinski definition) is 3. The molecule has 0 aliphatic rings. The SMILES string of the molecule is COCCc1cnc(Cl)nc1Cl. The zero-order chi connectivity index (χ0) is 8.97. The largest absolute Gasteiger partial charge is 0.384 e. The highest BCUT2D eigenvalue weighted by molar-refractivity contribution is 6.32. The number of nitrogens with zero attached hydrogens (tertiary/aromatic N) is 2. The Labute approximate surface area is 80.7 Å². The van der Waals surface area contributed by atoms with Crippen molar-refractivity contribution in [3.8, 4) is 0 Å². The van der Waals surface area contributed by atoms with Crippen molar-refractivity contribution in [1.29, 1.82) is 0 Å². The molecule has 66 valence electrons. The first-order valence-electron chi connectivity index (χ1n) is 3.40. The Bertz CT molecular complexity index is 268. The fourth-order valence-electron chi connectivity index (χ4n) is 0.746. The van der Waals surface area contributed by atoms with E-state index < -0.39 is 0 Å². The fraction of sp³-hybridized carbons (Fsp3) is 0.429. The second-order valence-corrected chi connectivity index (χ2v) is 2.89. The van der Waals surface area contributed by atoms with Crippen LogP contribution in [0, 0.1) is 0 Å². The predicted molar refractivity (Wildman–Crippen MR) is 47.6 cm³/mol. The molecule has 0 aliphatic carbocycles. The lowest BCUT2D eigenvalue weighted by Gasteiger charge is -2.01. The van der Waals surface area contributed by atoms with E-state index in [0.29, 0.717) is 18.2 Å². The first-order valence-corrected chi connectivity index (χ1v) is 4.15. The average molecular weight is 207 g/mol. The van der Waals surface area contributed by atoms with Crippen molar-refractivity contribution in [2.75, 3.05) is 13.7 Å². The second kappa shape index (κ2) is 4.60. The van der Waals surface area contributed by atoms with Gasteiger partial charge in [-0.15, -0.1) is 0 Å². The molecule has 0 radical (unpaired) electrons. The summed E-state index contributed by atoms with van der Waals surface area (Å²) in [4.78, 5) is 7.60. The molecule has 0 saturated heterocycles. The summed E-state index contributed by atoms with van der Waals surface area (Å²) in [5, 5.41) is 0.563. The molecule has 0 N–H and O–H groups in total. The summed E-state index contributed by atoms with van der Waals surface area (Å²) in [5.41, 5.74) is 0.850. The van der Waals surface area contributed by atoms with Gasteiger partial charge in [-0.1, -0.05) is 11.6 Å². The number of methoxy groups -OCH3 is 1. The molecule has 5 heteroatoms. The lowest BCUT2D eigenvalue weighted by molar-refractivity contribution is 0.202. The summed E-state index contributed by atoms with van der Waals surface area (Å²) in [5.74, 6) is 0. The van der Waals surface area contributed by atoms with Gasteiger partial charge in [0.2, 0.25) is 5.28 Å². The third kappa shape index (κ3) is 2.59. The van der Waals surface area contributed by atoms with Gasteiger partial charge in [0.05, 0.1) is 6.61 Å². The molecule has 0 bridgehead atoms. The van der Waals surface area contributed by atoms with Gasteiger partial charge in [0.25, 0.3) is 0 Å². The number of rotatable bonds is 3. The van der Waals surface area contributed by atoms with E-state index in [1.54, 1.807) is 13.3 Å². The van der Waals surface area contributed by atoms with Crippen LogP contribution in [0.25, 0.3) is 0 Å². The van der Waals surface area contributed by atoms with Crippen LogP contribution in [0.4, 0.5) is 0 Å². The zero-order valence-corrected chi connectivity index (χ0v) is 8.06. The van der Waals surface area contributed by atoms with Gasteiger partial charge >= 0.3 is 0 Å². The van der Waals surface area contributed by atoms with E-state index in [-0.39, 0.29) is 5.28 Å². The van der Waals surface area contributed by atoms with Gasteiger partial charge in [-0.05, 0) is 11.6 Å². The molecule has 0 spiro atoms. The Morgan fingerprint density at radius 2 is 2.25 bits per heavy atom. The molecule has 0 saturated carbocycles. The van der Waals surface area contributed by atoms with Crippen molar-refractivity contribution in [3.63, 3.8) is 0 Å². The molecule has 0 fully saturated rings. The summed E-state index contributed by atoms with van der Waals surface area (Å²) >= 11 is 11.3. The van der Waals surface area contributed by atoms with Crippen molar-refractivity contribution < 1.29 is 4.74 Å². The van der Waals surface area contributed by atoms with E-state index in [0.717, 1.165) is 5.56 Å². The maximum absolute atomic E-state index is 5.77. The average Bonchev–Trinajstić information content (AvgIpc) is 2.03. The standard InChI is InChI=1S/C7H8Cl2N2O/c1-12-3-2-5-4-10-7(9)11-6(5)8/h4H,2-3H2,1H3. The van der Waals surface area contributed by atoms with Gasteiger partial charge < -0.3 is 4.74 Å². The summed E-state index contributed by atoms with van der Waals surface area (Å²) < 4.78 is 4.88. The van der Waals surface area contributed by atoms with Gasteiger partial charge in [-0.3, -0.25) is 0 Å². The zero-order valence-electron chi connectivity index (χ0n) is 6.55. The minimum atomic E-state index is 0.168. The van der Waals surface area contributed by atoms with E-state index in [2.05, 4.69) is 9.97 Å². The molecule has 0 unspecified atom stereocenters. The summed E-state index contributed by atoms with van der Waals surface area (Å²) in [6, 6.07) is 0. The van der Waals surface area contributed by atoms with E-state index in [1.165, 1.54) is 0 Å². The molecule has 0 atom stereocenters. The van der Waals surface area contributed by atoms with Crippen LogP contribution in [0.2, 0.25) is 10.4 Å². The quantitative estimate of drug-likeness (QED) is 0.561. The van der Waals surface area contributed by atoms with Crippen LogP contribution >= 0.6 is 23.2 Å². The van der Waals surface area contributed by atoms with Gasteiger partial charge in [0.1, 0.15) is 5.15 Å². The smallest absolute Gasteiger partial charge is 0.223 e. The minimum absolute atomic E-state index is 0.168. The Balaban J connectivity index is 2.72. The summed E-state index contributed by atoms with van der Waals surface area (Å²) in [6.45, 7) is 0.602.